The van der Waals surface area contributed by atoms with Gasteiger partial charge in [-0.2, -0.15) is 0 Å². The summed E-state index contributed by atoms with van der Waals surface area (Å²) in [5.74, 6) is -2.60. The molecule has 0 aliphatic carbocycles. The van der Waals surface area contributed by atoms with Crippen molar-refractivity contribution in [3.05, 3.63) is 23.8 Å². The van der Waals surface area contributed by atoms with Gasteiger partial charge in [0.05, 0.1) is 0 Å². The third kappa shape index (κ3) is 3.21. The van der Waals surface area contributed by atoms with E-state index in [-0.39, 0.29) is 17.6 Å². The molecule has 0 aromatic heterocycles. The number of aliphatic hydroxyl groups is 1. The molecule has 5 nitrogen and oxygen atoms in total. The highest BCUT2D eigenvalue weighted by Crippen LogP contribution is 2.22. The van der Waals surface area contributed by atoms with Gasteiger partial charge in [0.15, 0.2) is 5.60 Å². The molecule has 0 saturated heterocycles. The van der Waals surface area contributed by atoms with Gasteiger partial charge in [0, 0.05) is 12.0 Å². The van der Waals surface area contributed by atoms with E-state index in [0.29, 0.717) is 0 Å². The number of aliphatic carboxylic acids is 2. The summed E-state index contributed by atoms with van der Waals surface area (Å²) < 4.78 is 0. The molecule has 5 heteroatoms. The average Bonchev–Trinajstić information content (AvgIpc) is 2.12. The molecule has 84 valence electrons. The van der Waals surface area contributed by atoms with E-state index < -0.39 is 17.5 Å². The van der Waals surface area contributed by atoms with Crippen LogP contribution in [0.5, 0.6) is 0 Å². The highest BCUT2D eigenvalue weighted by Gasteiger charge is 2.33. The summed E-state index contributed by atoms with van der Waals surface area (Å²) in [6, 6.07) is 0. The quantitative estimate of drug-likeness (QED) is 0.464. The molecular weight excluding hydrogens is 200 g/mol. The first kappa shape index (κ1) is 13.4. The Kier molecular flexibility index (Phi) is 4.23. The van der Waals surface area contributed by atoms with Crippen LogP contribution in [-0.4, -0.2) is 32.9 Å². The van der Waals surface area contributed by atoms with E-state index in [9.17, 15) is 14.7 Å². The Morgan fingerprint density at radius 2 is 1.87 bits per heavy atom. The molecule has 0 spiro atoms. The van der Waals surface area contributed by atoms with Crippen LogP contribution in [0.2, 0.25) is 0 Å². The van der Waals surface area contributed by atoms with E-state index in [4.69, 9.17) is 10.2 Å². The lowest BCUT2D eigenvalue weighted by Gasteiger charge is -2.20. The summed E-state index contributed by atoms with van der Waals surface area (Å²) in [6.07, 6.45) is 1.16. The molecule has 0 aromatic rings. The molecule has 1 atom stereocenters. The second kappa shape index (κ2) is 4.75. The third-order valence-corrected chi connectivity index (χ3v) is 2.13. The van der Waals surface area contributed by atoms with Crippen molar-refractivity contribution in [2.45, 2.75) is 25.9 Å². The molecule has 0 unspecified atom stereocenters. The predicted octanol–water partition coefficient (Wildman–Crippen LogP) is 0.799. The summed E-state index contributed by atoms with van der Waals surface area (Å²) in [5.41, 5.74) is -2.17. The second-order valence-electron chi connectivity index (χ2n) is 3.28. The highest BCUT2D eigenvalue weighted by atomic mass is 16.4. The summed E-state index contributed by atoms with van der Waals surface area (Å²) >= 11 is 0. The van der Waals surface area contributed by atoms with Gasteiger partial charge in [-0.1, -0.05) is 12.7 Å². The smallest absolute Gasteiger partial charge is 0.339 e. The number of allylic oxidation sites excluding steroid dienone is 1. The normalized spacial score (nSPS) is 15.5. The number of rotatable bonds is 5. The largest absolute Gasteiger partial charge is 0.479 e. The summed E-state index contributed by atoms with van der Waals surface area (Å²) in [5, 5.41) is 26.8. The molecule has 0 amide bonds. The van der Waals surface area contributed by atoms with E-state index in [1.165, 1.54) is 13.0 Å². The summed E-state index contributed by atoms with van der Waals surface area (Å²) in [4.78, 5) is 21.2. The lowest BCUT2D eigenvalue weighted by Crippen LogP contribution is -2.37. The number of carboxylic acids is 2. The first-order valence-corrected chi connectivity index (χ1v) is 4.26. The van der Waals surface area contributed by atoms with Crippen LogP contribution < -0.4 is 0 Å². The van der Waals surface area contributed by atoms with Gasteiger partial charge in [-0.15, -0.1) is 0 Å². The molecule has 0 aliphatic rings. The van der Waals surface area contributed by atoms with Crippen LogP contribution in [-0.2, 0) is 9.59 Å². The third-order valence-electron chi connectivity index (χ3n) is 2.13. The molecule has 0 fully saturated rings. The molecule has 0 rings (SSSR count). The van der Waals surface area contributed by atoms with Crippen molar-refractivity contribution in [1.29, 1.82) is 0 Å². The molecular formula is C10H14O5. The highest BCUT2D eigenvalue weighted by molar-refractivity contribution is 5.88. The molecule has 0 saturated carbocycles. The number of carbonyl (C=O) groups is 2. The first-order chi connectivity index (χ1) is 6.73. The van der Waals surface area contributed by atoms with E-state index >= 15 is 0 Å². The van der Waals surface area contributed by atoms with Crippen LogP contribution in [0.3, 0.4) is 0 Å². The minimum absolute atomic E-state index is 0.00141. The second-order valence-corrected chi connectivity index (χ2v) is 3.28. The zero-order chi connectivity index (χ0) is 12.2. The number of hydrogen-bond acceptors (Lipinski definition) is 3. The lowest BCUT2D eigenvalue weighted by atomic mass is 9.91. The van der Waals surface area contributed by atoms with Crippen LogP contribution in [0.4, 0.5) is 0 Å². The van der Waals surface area contributed by atoms with Crippen LogP contribution in [0, 0.1) is 0 Å². The maximum atomic E-state index is 10.6. The molecule has 15 heavy (non-hydrogen) atoms. The zero-order valence-electron chi connectivity index (χ0n) is 8.65. The van der Waals surface area contributed by atoms with Gasteiger partial charge in [0.1, 0.15) is 0 Å². The fourth-order valence-electron chi connectivity index (χ4n) is 0.854. The van der Waals surface area contributed by atoms with Gasteiger partial charge in [-0.3, -0.25) is 0 Å². The monoisotopic (exact) mass is 214 g/mol. The topological polar surface area (TPSA) is 94.8 Å². The lowest BCUT2D eigenvalue weighted by molar-refractivity contribution is -0.153. The van der Waals surface area contributed by atoms with Crippen LogP contribution in [0.25, 0.3) is 0 Å². The number of hydrogen-bond donors (Lipinski definition) is 3. The molecule has 0 heterocycles. The van der Waals surface area contributed by atoms with Crippen molar-refractivity contribution in [3.8, 4) is 0 Å². The molecule has 0 radical (unpaired) electrons. The van der Waals surface area contributed by atoms with E-state index in [1.54, 1.807) is 0 Å². The fraction of sp³-hybridized carbons (Fsp3) is 0.400. The fourth-order valence-corrected chi connectivity index (χ4v) is 0.854. The SMILES string of the molecule is C=C(C/C(=C/C)C(=O)O)[C@](C)(O)C(=O)O. The van der Waals surface area contributed by atoms with Crippen LogP contribution in [0.1, 0.15) is 20.3 Å². The Morgan fingerprint density at radius 1 is 1.40 bits per heavy atom. The maximum Gasteiger partial charge on any atom is 0.339 e. The van der Waals surface area contributed by atoms with E-state index in [2.05, 4.69) is 6.58 Å². The van der Waals surface area contributed by atoms with Crippen molar-refractivity contribution in [1.82, 2.24) is 0 Å². The van der Waals surface area contributed by atoms with Gasteiger partial charge in [0.2, 0.25) is 0 Å². The predicted molar refractivity (Wildman–Crippen MR) is 53.4 cm³/mol. The maximum absolute atomic E-state index is 10.6. The molecule has 3 N–H and O–H groups in total. The van der Waals surface area contributed by atoms with Crippen molar-refractivity contribution in [2.24, 2.45) is 0 Å². The minimum atomic E-state index is -2.11. The summed E-state index contributed by atoms with van der Waals surface area (Å²) in [7, 11) is 0. The van der Waals surface area contributed by atoms with Crippen molar-refractivity contribution in [3.63, 3.8) is 0 Å². The van der Waals surface area contributed by atoms with Crippen molar-refractivity contribution < 1.29 is 24.9 Å². The van der Waals surface area contributed by atoms with Gasteiger partial charge in [-0.05, 0) is 19.4 Å². The van der Waals surface area contributed by atoms with Gasteiger partial charge < -0.3 is 15.3 Å². The Hall–Kier alpha value is -1.62. The molecule has 0 aromatic carbocycles. The van der Waals surface area contributed by atoms with E-state index in [1.807, 2.05) is 0 Å². The standard InChI is InChI=1S/C10H14O5/c1-4-7(8(11)12)5-6(2)10(3,15)9(13)14/h4,15H,2,5H2,1,3H3,(H,11,12)(H,13,14)/b7-4-/t10-/m0/s1. The Morgan fingerprint density at radius 3 is 2.13 bits per heavy atom. The van der Waals surface area contributed by atoms with Gasteiger partial charge in [-0.25, -0.2) is 9.59 Å². The van der Waals surface area contributed by atoms with Crippen LogP contribution >= 0.6 is 0 Å². The Bertz CT molecular complexity index is 325. The van der Waals surface area contributed by atoms with E-state index in [0.717, 1.165) is 6.92 Å². The number of carboxylic acid groups (broad SMARTS) is 2. The van der Waals surface area contributed by atoms with Crippen molar-refractivity contribution in [2.75, 3.05) is 0 Å². The average molecular weight is 214 g/mol. The zero-order valence-corrected chi connectivity index (χ0v) is 8.65. The Labute approximate surface area is 87.4 Å². The molecule has 0 aliphatic heterocycles. The Balaban J connectivity index is 4.78. The first-order valence-electron chi connectivity index (χ1n) is 4.26. The molecule has 0 bridgehead atoms. The minimum Gasteiger partial charge on any atom is -0.479 e. The van der Waals surface area contributed by atoms with Gasteiger partial charge in [0.25, 0.3) is 0 Å². The van der Waals surface area contributed by atoms with Gasteiger partial charge >= 0.3 is 11.9 Å². The van der Waals surface area contributed by atoms with Crippen molar-refractivity contribution >= 4 is 11.9 Å². The summed E-state index contributed by atoms with van der Waals surface area (Å²) in [6.45, 7) is 5.97. The van der Waals surface area contributed by atoms with Crippen LogP contribution in [0.15, 0.2) is 23.8 Å².